The fourth-order valence-electron chi connectivity index (χ4n) is 1.63. The van der Waals surface area contributed by atoms with E-state index in [1.165, 1.54) is 6.07 Å². The first-order valence-electron chi connectivity index (χ1n) is 5.06. The Labute approximate surface area is 98.4 Å². The zero-order chi connectivity index (χ0) is 11.6. The van der Waals surface area contributed by atoms with Crippen LogP contribution in [-0.2, 0) is 0 Å². The molecule has 1 aromatic carbocycles. The molecule has 1 N–H and O–H groups in total. The highest BCUT2D eigenvalue weighted by atomic mass is 79.9. The van der Waals surface area contributed by atoms with E-state index in [4.69, 9.17) is 0 Å². The van der Waals surface area contributed by atoms with Gasteiger partial charge in [0.1, 0.15) is 5.82 Å². The van der Waals surface area contributed by atoms with Crippen LogP contribution in [0.5, 0.6) is 0 Å². The quantitative estimate of drug-likeness (QED) is 0.891. The van der Waals surface area contributed by atoms with Gasteiger partial charge in [-0.1, -0.05) is 42.8 Å². The molecule has 0 aliphatic rings. The van der Waals surface area contributed by atoms with E-state index in [0.29, 0.717) is 5.56 Å². The molecule has 0 saturated heterocycles. The van der Waals surface area contributed by atoms with Gasteiger partial charge in [-0.3, -0.25) is 0 Å². The maximum absolute atomic E-state index is 13.6. The molecule has 0 spiro atoms. The molecule has 15 heavy (non-hydrogen) atoms. The molecule has 0 aliphatic heterocycles. The predicted octanol–water partition coefficient (Wildman–Crippen LogP) is 3.71. The molecule has 1 rings (SSSR count). The van der Waals surface area contributed by atoms with Gasteiger partial charge in [0.05, 0.1) is 6.10 Å². The average Bonchev–Trinajstić information content (AvgIpc) is 2.15. The summed E-state index contributed by atoms with van der Waals surface area (Å²) in [5.41, 5.74) is 0.569. The van der Waals surface area contributed by atoms with Crippen LogP contribution >= 0.6 is 15.9 Å². The van der Waals surface area contributed by atoms with E-state index in [2.05, 4.69) is 15.9 Å². The van der Waals surface area contributed by atoms with Crippen molar-refractivity contribution in [3.8, 4) is 0 Å². The molecule has 0 bridgehead atoms. The van der Waals surface area contributed by atoms with E-state index in [0.717, 1.165) is 4.47 Å². The van der Waals surface area contributed by atoms with Gasteiger partial charge >= 0.3 is 0 Å². The third-order valence-electron chi connectivity index (χ3n) is 2.65. The van der Waals surface area contributed by atoms with Gasteiger partial charge in [-0.2, -0.15) is 0 Å². The van der Waals surface area contributed by atoms with E-state index in [9.17, 15) is 9.50 Å². The third-order valence-corrected chi connectivity index (χ3v) is 3.14. The maximum Gasteiger partial charge on any atom is 0.127 e. The lowest BCUT2D eigenvalue weighted by molar-refractivity contribution is 0.101. The molecule has 0 heterocycles. The Balaban J connectivity index is 2.96. The van der Waals surface area contributed by atoms with Crippen molar-refractivity contribution in [1.82, 2.24) is 0 Å². The number of hydrogen-bond acceptors (Lipinski definition) is 1. The van der Waals surface area contributed by atoms with Crippen molar-refractivity contribution in [2.45, 2.75) is 32.8 Å². The molecule has 1 aromatic rings. The minimum atomic E-state index is -0.513. The molecular weight excluding hydrogens is 259 g/mol. The van der Waals surface area contributed by atoms with Gasteiger partial charge < -0.3 is 5.11 Å². The molecule has 3 heteroatoms. The fourth-order valence-corrected chi connectivity index (χ4v) is 1.97. The van der Waals surface area contributed by atoms with Gasteiger partial charge in [0.25, 0.3) is 0 Å². The molecular formula is C12H16BrFO. The maximum atomic E-state index is 13.6. The highest BCUT2D eigenvalue weighted by Gasteiger charge is 2.21. The Bertz CT molecular complexity index is 338. The Hall–Kier alpha value is -0.410. The van der Waals surface area contributed by atoms with Gasteiger partial charge in [0.2, 0.25) is 0 Å². The number of aliphatic hydroxyl groups excluding tert-OH is 1. The fraction of sp³-hybridized carbons (Fsp3) is 0.500. The van der Waals surface area contributed by atoms with Crippen LogP contribution in [0.25, 0.3) is 0 Å². The number of rotatable bonds is 3. The molecule has 2 atom stereocenters. The Kier molecular flexibility index (Phi) is 4.29. The minimum absolute atomic E-state index is 0.128. The zero-order valence-corrected chi connectivity index (χ0v) is 10.8. The lowest BCUT2D eigenvalue weighted by Gasteiger charge is -2.22. The monoisotopic (exact) mass is 274 g/mol. The largest absolute Gasteiger partial charge is 0.392 e. The van der Waals surface area contributed by atoms with Crippen molar-refractivity contribution in [2.24, 2.45) is 5.92 Å². The van der Waals surface area contributed by atoms with Gasteiger partial charge in [0, 0.05) is 10.4 Å². The van der Waals surface area contributed by atoms with Crippen LogP contribution in [0, 0.1) is 11.7 Å². The molecule has 0 saturated carbocycles. The van der Waals surface area contributed by atoms with E-state index in [-0.39, 0.29) is 17.7 Å². The van der Waals surface area contributed by atoms with Crippen LogP contribution in [0.3, 0.4) is 0 Å². The van der Waals surface area contributed by atoms with Crippen molar-refractivity contribution in [3.05, 3.63) is 34.1 Å². The summed E-state index contributed by atoms with van der Waals surface area (Å²) in [6.45, 7) is 5.70. The molecule has 0 fully saturated rings. The predicted molar refractivity (Wildman–Crippen MR) is 63.4 cm³/mol. The van der Waals surface area contributed by atoms with Crippen LogP contribution in [-0.4, -0.2) is 11.2 Å². The number of hydrogen-bond donors (Lipinski definition) is 1. The van der Waals surface area contributed by atoms with Gasteiger partial charge in [-0.05, 0) is 23.6 Å². The lowest BCUT2D eigenvalue weighted by atomic mass is 9.89. The summed E-state index contributed by atoms with van der Waals surface area (Å²) >= 11 is 3.21. The van der Waals surface area contributed by atoms with Gasteiger partial charge in [-0.15, -0.1) is 0 Å². The number of benzene rings is 1. The Morgan fingerprint density at radius 1 is 1.27 bits per heavy atom. The Morgan fingerprint density at radius 3 is 2.33 bits per heavy atom. The average molecular weight is 275 g/mol. The molecule has 0 amide bonds. The van der Waals surface area contributed by atoms with E-state index in [1.54, 1.807) is 12.1 Å². The molecule has 0 radical (unpaired) electrons. The zero-order valence-electron chi connectivity index (χ0n) is 9.17. The first-order chi connectivity index (χ1) is 6.93. The summed E-state index contributed by atoms with van der Waals surface area (Å²) in [5.74, 6) is -0.322. The summed E-state index contributed by atoms with van der Waals surface area (Å²) < 4.78 is 14.3. The van der Waals surface area contributed by atoms with E-state index < -0.39 is 6.10 Å². The third kappa shape index (κ3) is 3.02. The van der Waals surface area contributed by atoms with Crippen molar-refractivity contribution in [3.63, 3.8) is 0 Å². The number of aliphatic hydroxyl groups is 1. The van der Waals surface area contributed by atoms with Crippen molar-refractivity contribution in [1.29, 1.82) is 0 Å². The standard InChI is InChI=1S/C12H16BrFO/c1-7(2)12(15)8(3)10-5-4-9(13)6-11(10)14/h4-8,12,15H,1-3H3. The normalized spacial score (nSPS) is 15.4. The van der Waals surface area contributed by atoms with Crippen LogP contribution < -0.4 is 0 Å². The highest BCUT2D eigenvalue weighted by Crippen LogP contribution is 2.27. The van der Waals surface area contributed by atoms with Crippen molar-refractivity contribution >= 4 is 15.9 Å². The van der Waals surface area contributed by atoms with Crippen molar-refractivity contribution in [2.75, 3.05) is 0 Å². The molecule has 0 aliphatic carbocycles. The Morgan fingerprint density at radius 2 is 1.87 bits per heavy atom. The van der Waals surface area contributed by atoms with Crippen molar-refractivity contribution < 1.29 is 9.50 Å². The van der Waals surface area contributed by atoms with Crippen LogP contribution in [0.1, 0.15) is 32.3 Å². The second-order valence-electron chi connectivity index (χ2n) is 4.19. The van der Waals surface area contributed by atoms with E-state index in [1.807, 2.05) is 20.8 Å². The summed E-state index contributed by atoms with van der Waals surface area (Å²) in [6.07, 6.45) is -0.513. The molecule has 84 valence electrons. The topological polar surface area (TPSA) is 20.2 Å². The van der Waals surface area contributed by atoms with Crippen LogP contribution in [0.4, 0.5) is 4.39 Å². The minimum Gasteiger partial charge on any atom is -0.392 e. The lowest BCUT2D eigenvalue weighted by Crippen LogP contribution is -2.22. The SMILES string of the molecule is CC(C)C(O)C(C)c1ccc(Br)cc1F. The van der Waals surface area contributed by atoms with Gasteiger partial charge in [0.15, 0.2) is 0 Å². The van der Waals surface area contributed by atoms with Crippen LogP contribution in [0.2, 0.25) is 0 Å². The highest BCUT2D eigenvalue weighted by molar-refractivity contribution is 9.10. The molecule has 2 unspecified atom stereocenters. The van der Waals surface area contributed by atoms with Crippen LogP contribution in [0.15, 0.2) is 22.7 Å². The smallest absolute Gasteiger partial charge is 0.127 e. The number of halogens is 2. The molecule has 1 nitrogen and oxygen atoms in total. The summed E-state index contributed by atoms with van der Waals surface area (Å²) in [6, 6.07) is 4.94. The first kappa shape index (κ1) is 12.7. The summed E-state index contributed by atoms with van der Waals surface area (Å²) in [4.78, 5) is 0. The second kappa shape index (κ2) is 5.08. The first-order valence-corrected chi connectivity index (χ1v) is 5.85. The summed E-state index contributed by atoms with van der Waals surface area (Å²) in [5, 5.41) is 9.86. The summed E-state index contributed by atoms with van der Waals surface area (Å²) in [7, 11) is 0. The van der Waals surface area contributed by atoms with Gasteiger partial charge in [-0.25, -0.2) is 4.39 Å². The van der Waals surface area contributed by atoms with E-state index >= 15 is 0 Å². The molecule has 0 aromatic heterocycles. The second-order valence-corrected chi connectivity index (χ2v) is 5.10.